The van der Waals surface area contributed by atoms with E-state index in [2.05, 4.69) is 20.6 Å². The average molecular weight is 388 g/mol. The van der Waals surface area contributed by atoms with Crippen molar-refractivity contribution in [3.05, 3.63) is 46.9 Å². The Labute approximate surface area is 153 Å². The van der Waals surface area contributed by atoms with E-state index in [1.54, 1.807) is 0 Å². The van der Waals surface area contributed by atoms with Crippen LogP contribution in [0.2, 0.25) is 5.02 Å². The molecule has 0 bridgehead atoms. The summed E-state index contributed by atoms with van der Waals surface area (Å²) in [5.41, 5.74) is -1.06. The van der Waals surface area contributed by atoms with Gasteiger partial charge in [0.25, 0.3) is 5.91 Å². The summed E-state index contributed by atoms with van der Waals surface area (Å²) in [7, 11) is 3.75. The zero-order chi connectivity index (χ0) is 19.3. The predicted molar refractivity (Wildman–Crippen MR) is 92.7 cm³/mol. The van der Waals surface area contributed by atoms with E-state index >= 15 is 0 Å². The van der Waals surface area contributed by atoms with Crippen molar-refractivity contribution in [3.8, 4) is 0 Å². The number of amides is 1. The maximum Gasteiger partial charge on any atom is 0.418 e. The lowest BCUT2D eigenvalue weighted by Gasteiger charge is -2.14. The summed E-state index contributed by atoms with van der Waals surface area (Å²) >= 11 is 5.64. The van der Waals surface area contributed by atoms with Crippen molar-refractivity contribution in [3.63, 3.8) is 0 Å². The van der Waals surface area contributed by atoms with Crippen LogP contribution in [0.25, 0.3) is 0 Å². The van der Waals surface area contributed by atoms with Gasteiger partial charge in [0.15, 0.2) is 0 Å². The summed E-state index contributed by atoms with van der Waals surface area (Å²) in [5.74, 6) is -0.337. The van der Waals surface area contributed by atoms with Gasteiger partial charge in [0.2, 0.25) is 0 Å². The maximum atomic E-state index is 13.1. The Morgan fingerprint density at radius 1 is 1.23 bits per heavy atom. The molecule has 1 amide bonds. The van der Waals surface area contributed by atoms with Crippen molar-refractivity contribution >= 4 is 29.0 Å². The molecule has 0 aliphatic carbocycles. The molecule has 10 heteroatoms. The van der Waals surface area contributed by atoms with Crippen molar-refractivity contribution in [2.24, 2.45) is 0 Å². The summed E-state index contributed by atoms with van der Waals surface area (Å²) < 4.78 is 39.3. The molecule has 0 fully saturated rings. The van der Waals surface area contributed by atoms with E-state index in [4.69, 9.17) is 11.6 Å². The first-order valence-electron chi connectivity index (χ1n) is 7.55. The third-order valence-corrected chi connectivity index (χ3v) is 3.51. The quantitative estimate of drug-likeness (QED) is 0.796. The number of carbonyl (C=O) groups excluding carboxylic acids is 1. The second-order valence-electron chi connectivity index (χ2n) is 5.66. The zero-order valence-electron chi connectivity index (χ0n) is 14.1. The van der Waals surface area contributed by atoms with Crippen LogP contribution >= 0.6 is 11.6 Å². The molecule has 1 aromatic heterocycles. The minimum Gasteiger partial charge on any atom is -0.349 e. The minimum absolute atomic E-state index is 0.0290. The van der Waals surface area contributed by atoms with Gasteiger partial charge in [-0.25, -0.2) is 9.97 Å². The number of nitrogens with zero attached hydrogens (tertiary/aromatic N) is 3. The molecule has 2 N–H and O–H groups in total. The molecular formula is C16H17ClF3N5O. The summed E-state index contributed by atoms with van der Waals surface area (Å²) in [5, 5.41) is 5.18. The molecular weight excluding hydrogens is 371 g/mol. The Bertz CT molecular complexity index is 765. The predicted octanol–water partition coefficient (Wildman–Crippen LogP) is 3.18. The SMILES string of the molecule is CN(C)CCNC(=O)c1cnc(Nc2ccc(Cl)cc2C(F)(F)F)cn1. The number of alkyl halides is 3. The van der Waals surface area contributed by atoms with E-state index in [0.29, 0.717) is 13.1 Å². The summed E-state index contributed by atoms with van der Waals surface area (Å²) in [6.07, 6.45) is -2.20. The van der Waals surface area contributed by atoms with Crippen LogP contribution in [0.5, 0.6) is 0 Å². The highest BCUT2D eigenvalue weighted by Crippen LogP contribution is 2.37. The summed E-state index contributed by atoms with van der Waals surface area (Å²) in [6.45, 7) is 1.10. The molecule has 0 aliphatic heterocycles. The van der Waals surface area contributed by atoms with Gasteiger partial charge in [0.1, 0.15) is 11.5 Å². The van der Waals surface area contributed by atoms with Crippen molar-refractivity contribution in [1.82, 2.24) is 20.2 Å². The lowest BCUT2D eigenvalue weighted by atomic mass is 10.1. The monoisotopic (exact) mass is 387 g/mol. The van der Waals surface area contributed by atoms with Crippen LogP contribution in [-0.2, 0) is 6.18 Å². The third kappa shape index (κ3) is 5.57. The van der Waals surface area contributed by atoms with Gasteiger partial charge in [-0.1, -0.05) is 11.6 Å². The fraction of sp³-hybridized carbons (Fsp3) is 0.312. The van der Waals surface area contributed by atoms with Crippen molar-refractivity contribution in [2.45, 2.75) is 6.18 Å². The van der Waals surface area contributed by atoms with Crippen molar-refractivity contribution in [1.29, 1.82) is 0 Å². The lowest BCUT2D eigenvalue weighted by molar-refractivity contribution is -0.136. The van der Waals surface area contributed by atoms with Crippen LogP contribution in [0.3, 0.4) is 0 Å². The van der Waals surface area contributed by atoms with Crippen LogP contribution in [0.15, 0.2) is 30.6 Å². The number of anilines is 2. The number of likely N-dealkylation sites (N-methyl/N-ethyl adjacent to an activating group) is 1. The van der Waals surface area contributed by atoms with Gasteiger partial charge in [0.05, 0.1) is 23.6 Å². The summed E-state index contributed by atoms with van der Waals surface area (Å²) in [4.78, 5) is 21.7. The fourth-order valence-corrected chi connectivity index (χ4v) is 2.16. The molecule has 2 aromatic rings. The number of nitrogens with one attached hydrogen (secondary N) is 2. The molecule has 0 atom stereocenters. The van der Waals surface area contributed by atoms with Crippen molar-refractivity contribution < 1.29 is 18.0 Å². The molecule has 0 saturated carbocycles. The minimum atomic E-state index is -4.58. The van der Waals surface area contributed by atoms with Gasteiger partial charge in [-0.15, -0.1) is 0 Å². The molecule has 0 saturated heterocycles. The second kappa shape index (κ2) is 8.33. The van der Waals surface area contributed by atoms with Gasteiger partial charge in [-0.05, 0) is 32.3 Å². The first-order valence-corrected chi connectivity index (χ1v) is 7.93. The Morgan fingerprint density at radius 3 is 2.54 bits per heavy atom. The van der Waals surface area contributed by atoms with Gasteiger partial charge < -0.3 is 15.5 Å². The maximum absolute atomic E-state index is 13.1. The van der Waals surface area contributed by atoms with Crippen LogP contribution < -0.4 is 10.6 Å². The summed E-state index contributed by atoms with van der Waals surface area (Å²) in [6, 6.07) is 3.36. The smallest absolute Gasteiger partial charge is 0.349 e. The zero-order valence-corrected chi connectivity index (χ0v) is 14.8. The Kier molecular flexibility index (Phi) is 6.38. The van der Waals surface area contributed by atoms with Gasteiger partial charge in [-0.3, -0.25) is 4.79 Å². The lowest BCUT2D eigenvalue weighted by Crippen LogP contribution is -2.31. The van der Waals surface area contributed by atoms with E-state index in [0.717, 1.165) is 6.07 Å². The van der Waals surface area contributed by atoms with Gasteiger partial charge in [0, 0.05) is 18.1 Å². The van der Waals surface area contributed by atoms with E-state index < -0.39 is 17.6 Å². The first kappa shape index (κ1) is 19.9. The van der Waals surface area contributed by atoms with E-state index in [9.17, 15) is 18.0 Å². The van der Waals surface area contributed by atoms with Crippen LogP contribution in [0, 0.1) is 0 Å². The number of rotatable bonds is 6. The van der Waals surface area contributed by atoms with Crippen LogP contribution in [-0.4, -0.2) is 48.0 Å². The number of benzene rings is 1. The molecule has 1 heterocycles. The molecule has 26 heavy (non-hydrogen) atoms. The van der Waals surface area contributed by atoms with Crippen LogP contribution in [0.1, 0.15) is 16.1 Å². The molecule has 140 valence electrons. The van der Waals surface area contributed by atoms with Crippen molar-refractivity contribution in [2.75, 3.05) is 32.5 Å². The van der Waals surface area contributed by atoms with Gasteiger partial charge in [-0.2, -0.15) is 13.2 Å². The number of halogens is 4. The largest absolute Gasteiger partial charge is 0.418 e. The van der Waals surface area contributed by atoms with E-state index in [1.807, 2.05) is 19.0 Å². The third-order valence-electron chi connectivity index (χ3n) is 3.28. The molecule has 0 aliphatic rings. The second-order valence-corrected chi connectivity index (χ2v) is 6.10. The molecule has 6 nitrogen and oxygen atoms in total. The molecule has 1 aromatic carbocycles. The van der Waals surface area contributed by atoms with Crippen LogP contribution in [0.4, 0.5) is 24.7 Å². The average Bonchev–Trinajstić information content (AvgIpc) is 2.56. The molecule has 0 radical (unpaired) electrons. The standard InChI is InChI=1S/C16H17ClF3N5O/c1-25(2)6-5-21-15(26)13-8-23-14(9-22-13)24-12-4-3-10(17)7-11(12)16(18,19)20/h3-4,7-9H,5-6H2,1-2H3,(H,21,26)(H,23,24). The normalized spacial score (nSPS) is 11.5. The molecule has 2 rings (SSSR count). The molecule has 0 unspecified atom stereocenters. The van der Waals surface area contributed by atoms with Gasteiger partial charge >= 0.3 is 6.18 Å². The highest BCUT2D eigenvalue weighted by Gasteiger charge is 2.34. The Hall–Kier alpha value is -2.39. The molecule has 0 spiro atoms. The highest BCUT2D eigenvalue weighted by atomic mass is 35.5. The fourth-order valence-electron chi connectivity index (χ4n) is 1.99. The number of aromatic nitrogens is 2. The Morgan fingerprint density at radius 2 is 1.96 bits per heavy atom. The van der Waals surface area contributed by atoms with E-state index in [1.165, 1.54) is 24.5 Å². The first-order chi connectivity index (χ1) is 12.2. The Balaban J connectivity index is 2.09. The topological polar surface area (TPSA) is 70.2 Å². The number of carbonyl (C=O) groups is 1. The number of hydrogen-bond donors (Lipinski definition) is 2. The highest BCUT2D eigenvalue weighted by molar-refractivity contribution is 6.30. The van der Waals surface area contributed by atoms with E-state index in [-0.39, 0.29) is 22.2 Å². The number of hydrogen-bond acceptors (Lipinski definition) is 5.